The topological polar surface area (TPSA) is 58.4 Å². The van der Waals surface area contributed by atoms with Crippen molar-refractivity contribution < 1.29 is 14.0 Å². The Morgan fingerprint density at radius 3 is 2.50 bits per heavy atom. The zero-order chi connectivity index (χ0) is 27.8. The summed E-state index contributed by atoms with van der Waals surface area (Å²) < 4.78 is 15.8. The number of thiophene rings is 1. The van der Waals surface area contributed by atoms with E-state index in [9.17, 15) is 14.0 Å². The fraction of sp³-hybridized carbons (Fsp3) is 0.323. The minimum absolute atomic E-state index is 0.0433. The number of piperidine rings is 1. The van der Waals surface area contributed by atoms with Crippen molar-refractivity contribution in [3.8, 4) is 16.3 Å². The number of para-hydroxylation sites is 1. The average molecular weight is 575 g/mol. The van der Waals surface area contributed by atoms with E-state index in [1.807, 2.05) is 58.3 Å². The molecule has 2 aromatic carbocycles. The number of likely N-dealkylation sites (tertiary alicyclic amines) is 1. The number of anilines is 1. The Morgan fingerprint density at radius 2 is 1.80 bits per heavy atom. The second kappa shape index (κ2) is 11.2. The van der Waals surface area contributed by atoms with Crippen molar-refractivity contribution in [3.05, 3.63) is 88.6 Å². The van der Waals surface area contributed by atoms with Crippen LogP contribution in [0.4, 0.5) is 10.2 Å². The number of aryl methyl sites for hydroxylation is 1. The first-order chi connectivity index (χ1) is 19.4. The van der Waals surface area contributed by atoms with Gasteiger partial charge in [-0.1, -0.05) is 43.3 Å². The van der Waals surface area contributed by atoms with Crippen LogP contribution in [0.15, 0.2) is 66.0 Å². The van der Waals surface area contributed by atoms with E-state index >= 15 is 0 Å². The molecule has 40 heavy (non-hydrogen) atoms. The highest BCUT2D eigenvalue weighted by Crippen LogP contribution is 2.49. The molecule has 2 aliphatic rings. The van der Waals surface area contributed by atoms with Crippen LogP contribution in [-0.4, -0.2) is 51.9 Å². The van der Waals surface area contributed by atoms with Crippen molar-refractivity contribution in [1.29, 1.82) is 0 Å². The van der Waals surface area contributed by atoms with Gasteiger partial charge in [-0.2, -0.15) is 5.10 Å². The summed E-state index contributed by atoms with van der Waals surface area (Å²) in [6.45, 7) is 5.60. The highest BCUT2D eigenvalue weighted by atomic mass is 32.2. The Bertz CT molecular complexity index is 1530. The highest BCUT2D eigenvalue weighted by Gasteiger charge is 2.38. The van der Waals surface area contributed by atoms with Crippen molar-refractivity contribution in [2.24, 2.45) is 5.92 Å². The summed E-state index contributed by atoms with van der Waals surface area (Å²) in [6.07, 6.45) is 1.94. The van der Waals surface area contributed by atoms with Gasteiger partial charge in [-0.3, -0.25) is 14.5 Å². The maximum absolute atomic E-state index is 13.9. The Labute approximate surface area is 241 Å². The molecule has 4 heterocycles. The molecule has 2 aliphatic heterocycles. The number of rotatable bonds is 5. The highest BCUT2D eigenvalue weighted by molar-refractivity contribution is 8.00. The van der Waals surface area contributed by atoms with Crippen molar-refractivity contribution in [3.63, 3.8) is 0 Å². The van der Waals surface area contributed by atoms with Crippen LogP contribution in [0.1, 0.15) is 41.7 Å². The fourth-order valence-corrected chi connectivity index (χ4v) is 7.40. The van der Waals surface area contributed by atoms with Crippen LogP contribution in [0.25, 0.3) is 16.3 Å². The van der Waals surface area contributed by atoms with Gasteiger partial charge in [0, 0.05) is 18.7 Å². The van der Waals surface area contributed by atoms with E-state index < -0.39 is 0 Å². The lowest BCUT2D eigenvalue weighted by Crippen LogP contribution is -2.46. The monoisotopic (exact) mass is 574 g/mol. The van der Waals surface area contributed by atoms with Gasteiger partial charge in [0.25, 0.3) is 0 Å². The van der Waals surface area contributed by atoms with Crippen molar-refractivity contribution in [2.45, 2.75) is 31.9 Å². The summed E-state index contributed by atoms with van der Waals surface area (Å²) in [5, 5.41) is 6.87. The Hall–Kier alpha value is -3.43. The number of thioether (sulfide) groups is 1. The first-order valence-electron chi connectivity index (χ1n) is 13.6. The van der Waals surface area contributed by atoms with Gasteiger partial charge in [0.05, 0.1) is 21.6 Å². The van der Waals surface area contributed by atoms with Gasteiger partial charge in [-0.25, -0.2) is 9.07 Å². The SMILES string of the molecule is Cc1ccccc1-n1nc(-c2cccs2)c2c1N(CC(=O)N1CCC(C)CC1)C(=O)CS[C@@H]2c1ccc(F)cc1. The normalized spacial score (nSPS) is 18.1. The molecule has 0 N–H and O–H groups in total. The van der Waals surface area contributed by atoms with Crippen LogP contribution >= 0.6 is 23.1 Å². The summed E-state index contributed by atoms with van der Waals surface area (Å²) in [4.78, 5) is 32.0. The number of carbonyl (C=O) groups excluding carboxylic acids is 2. The molecule has 0 bridgehead atoms. The fourth-order valence-electron chi connectivity index (χ4n) is 5.48. The molecule has 206 valence electrons. The van der Waals surface area contributed by atoms with E-state index in [0.29, 0.717) is 24.8 Å². The van der Waals surface area contributed by atoms with Gasteiger partial charge in [0.1, 0.15) is 23.9 Å². The van der Waals surface area contributed by atoms with Gasteiger partial charge < -0.3 is 4.90 Å². The summed E-state index contributed by atoms with van der Waals surface area (Å²) >= 11 is 3.08. The van der Waals surface area contributed by atoms with Gasteiger partial charge in [0.15, 0.2) is 0 Å². The molecule has 2 aromatic heterocycles. The van der Waals surface area contributed by atoms with E-state index in [-0.39, 0.29) is 35.2 Å². The second-order valence-electron chi connectivity index (χ2n) is 10.5. The van der Waals surface area contributed by atoms with Crippen LogP contribution in [0.5, 0.6) is 0 Å². The number of hydrogen-bond acceptors (Lipinski definition) is 5. The number of halogens is 1. The average Bonchev–Trinajstić information content (AvgIpc) is 3.59. The summed E-state index contributed by atoms with van der Waals surface area (Å²) in [6, 6.07) is 18.4. The number of carbonyl (C=O) groups is 2. The van der Waals surface area contributed by atoms with E-state index in [1.165, 1.54) is 23.9 Å². The quantitative estimate of drug-likeness (QED) is 0.274. The number of aromatic nitrogens is 2. The molecule has 0 saturated carbocycles. The first-order valence-corrected chi connectivity index (χ1v) is 15.5. The third-order valence-corrected chi connectivity index (χ3v) is 9.92. The smallest absolute Gasteiger partial charge is 0.242 e. The van der Waals surface area contributed by atoms with Gasteiger partial charge >= 0.3 is 0 Å². The third-order valence-electron chi connectivity index (χ3n) is 7.79. The molecule has 0 unspecified atom stereocenters. The molecule has 6 rings (SSSR count). The number of benzene rings is 2. The lowest BCUT2D eigenvalue weighted by molar-refractivity contribution is -0.132. The van der Waals surface area contributed by atoms with E-state index in [1.54, 1.807) is 28.4 Å². The Kier molecular flexibility index (Phi) is 7.51. The van der Waals surface area contributed by atoms with E-state index in [2.05, 4.69) is 6.92 Å². The number of hydrogen-bond donors (Lipinski definition) is 0. The minimum Gasteiger partial charge on any atom is -0.341 e. The van der Waals surface area contributed by atoms with Crippen molar-refractivity contribution in [2.75, 3.05) is 30.3 Å². The Morgan fingerprint density at radius 1 is 1.05 bits per heavy atom. The van der Waals surface area contributed by atoms with Crippen LogP contribution in [0.2, 0.25) is 0 Å². The van der Waals surface area contributed by atoms with Gasteiger partial charge in [-0.15, -0.1) is 23.1 Å². The molecule has 6 nitrogen and oxygen atoms in total. The predicted octanol–water partition coefficient (Wildman–Crippen LogP) is 6.48. The molecule has 1 fully saturated rings. The molecule has 9 heteroatoms. The summed E-state index contributed by atoms with van der Waals surface area (Å²) in [7, 11) is 0. The minimum atomic E-state index is -0.309. The summed E-state index contributed by atoms with van der Waals surface area (Å²) in [5.74, 6) is 0.906. The number of fused-ring (bicyclic) bond motifs is 1. The molecule has 1 atom stereocenters. The van der Waals surface area contributed by atoms with Crippen LogP contribution in [-0.2, 0) is 9.59 Å². The molecular formula is C31H31FN4O2S2. The van der Waals surface area contributed by atoms with Gasteiger partial charge in [-0.05, 0) is 66.5 Å². The van der Waals surface area contributed by atoms with Crippen LogP contribution in [0.3, 0.4) is 0 Å². The molecule has 0 aliphatic carbocycles. The van der Waals surface area contributed by atoms with E-state index in [0.717, 1.165) is 45.8 Å². The second-order valence-corrected chi connectivity index (χ2v) is 12.6. The maximum Gasteiger partial charge on any atom is 0.242 e. The van der Waals surface area contributed by atoms with E-state index in [4.69, 9.17) is 5.10 Å². The molecule has 2 amide bonds. The number of amides is 2. The molecule has 1 saturated heterocycles. The molecule has 0 radical (unpaired) electrons. The molecule has 4 aromatic rings. The van der Waals surface area contributed by atoms with Crippen LogP contribution < -0.4 is 4.90 Å². The van der Waals surface area contributed by atoms with Crippen molar-refractivity contribution >= 4 is 40.7 Å². The third kappa shape index (κ3) is 5.08. The largest absolute Gasteiger partial charge is 0.341 e. The predicted molar refractivity (Wildman–Crippen MR) is 160 cm³/mol. The molecule has 0 spiro atoms. The summed E-state index contributed by atoms with van der Waals surface area (Å²) in [5.41, 5.74) is 4.39. The molecular weight excluding hydrogens is 543 g/mol. The maximum atomic E-state index is 13.9. The van der Waals surface area contributed by atoms with Gasteiger partial charge in [0.2, 0.25) is 11.8 Å². The lowest BCUT2D eigenvalue weighted by Gasteiger charge is -2.32. The standard InChI is InChI=1S/C31H31FN4O2S2/c1-20-13-15-34(16-14-20)26(37)18-35-27(38)19-40-30(22-9-11-23(32)12-10-22)28-29(25-8-5-17-39-25)33-36(31(28)35)24-7-4-3-6-21(24)2/h3-12,17,20,30H,13-16,18-19H2,1-2H3/t30-/m1/s1. The van der Waals surface area contributed by atoms with Crippen LogP contribution in [0, 0.1) is 18.7 Å². The zero-order valence-corrected chi connectivity index (χ0v) is 24.2. The zero-order valence-electron chi connectivity index (χ0n) is 22.5. The lowest BCUT2D eigenvalue weighted by atomic mass is 9.99. The van der Waals surface area contributed by atoms with Crippen molar-refractivity contribution in [1.82, 2.24) is 14.7 Å². The number of nitrogens with zero attached hydrogens (tertiary/aromatic N) is 4. The first kappa shape index (κ1) is 26.8. The Balaban J connectivity index is 1.55.